The van der Waals surface area contributed by atoms with E-state index in [1.54, 1.807) is 13.0 Å². The topological polar surface area (TPSA) is 76.5 Å². The number of aryl methyl sites for hydroxylation is 1. The lowest BCUT2D eigenvalue weighted by Crippen LogP contribution is -2.35. The molecule has 0 amide bonds. The summed E-state index contributed by atoms with van der Waals surface area (Å²) in [6.07, 6.45) is 1.25. The van der Waals surface area contributed by atoms with Crippen molar-refractivity contribution in [3.63, 3.8) is 0 Å². The van der Waals surface area contributed by atoms with Gasteiger partial charge in [0.15, 0.2) is 0 Å². The molecule has 0 aliphatic carbocycles. The van der Waals surface area contributed by atoms with E-state index in [0.29, 0.717) is 40.7 Å². The summed E-state index contributed by atoms with van der Waals surface area (Å²) < 4.78 is 6.05. The Labute approximate surface area is 146 Å². The molecule has 0 saturated heterocycles. The van der Waals surface area contributed by atoms with Gasteiger partial charge >= 0.3 is 0 Å². The Morgan fingerprint density at radius 2 is 1.72 bits per heavy atom. The fraction of sp³-hybridized carbons (Fsp3) is 0.286. The molecule has 1 aromatic heterocycles. The first-order chi connectivity index (χ1) is 11.9. The van der Waals surface area contributed by atoms with E-state index in [1.165, 1.54) is 6.07 Å². The number of fused-ring (bicyclic) bond motifs is 1. The zero-order valence-corrected chi connectivity index (χ0v) is 14.8. The van der Waals surface area contributed by atoms with Crippen LogP contribution in [-0.4, -0.2) is 5.11 Å². The zero-order valence-electron chi connectivity index (χ0n) is 14.8. The molecule has 0 saturated carbocycles. The third kappa shape index (κ3) is 2.72. The Hall–Kier alpha value is -2.59. The van der Waals surface area contributed by atoms with E-state index in [9.17, 15) is 9.90 Å². The molecule has 0 aliphatic heterocycles. The number of nitrogens with two attached hydrogens (primary N) is 1. The van der Waals surface area contributed by atoms with Gasteiger partial charge in [-0.25, -0.2) is 0 Å². The maximum absolute atomic E-state index is 13.1. The van der Waals surface area contributed by atoms with Crippen molar-refractivity contribution in [1.82, 2.24) is 0 Å². The molecule has 4 nitrogen and oxygen atoms in total. The average Bonchev–Trinajstić information content (AvgIpc) is 2.62. The van der Waals surface area contributed by atoms with Gasteiger partial charge in [0.05, 0.1) is 16.5 Å². The highest BCUT2D eigenvalue weighted by Crippen LogP contribution is 2.38. The molecule has 0 unspecified atom stereocenters. The summed E-state index contributed by atoms with van der Waals surface area (Å²) in [5.74, 6) is 0.582. The summed E-state index contributed by atoms with van der Waals surface area (Å²) in [5.41, 5.74) is 7.90. The first-order valence-corrected chi connectivity index (χ1v) is 8.57. The molecule has 0 aliphatic rings. The van der Waals surface area contributed by atoms with Gasteiger partial charge < -0.3 is 15.3 Å². The van der Waals surface area contributed by atoms with Gasteiger partial charge in [0.2, 0.25) is 5.43 Å². The molecule has 3 N–H and O–H groups in total. The van der Waals surface area contributed by atoms with Crippen LogP contribution in [0.5, 0.6) is 5.75 Å². The summed E-state index contributed by atoms with van der Waals surface area (Å²) in [5, 5.41) is 10.9. The maximum Gasteiger partial charge on any atom is 0.200 e. The van der Waals surface area contributed by atoms with Crippen LogP contribution in [0.3, 0.4) is 0 Å². The van der Waals surface area contributed by atoms with Crippen molar-refractivity contribution < 1.29 is 9.52 Å². The second-order valence-electron chi connectivity index (χ2n) is 6.43. The first-order valence-electron chi connectivity index (χ1n) is 8.57. The normalized spacial score (nSPS) is 11.8. The molecule has 3 rings (SSSR count). The zero-order chi connectivity index (χ0) is 18.2. The van der Waals surface area contributed by atoms with E-state index in [2.05, 4.69) is 0 Å². The number of phenolic OH excluding ortho intramolecular Hbond substituents is 1. The number of hydrogen-bond donors (Lipinski definition) is 2. The van der Waals surface area contributed by atoms with Crippen LogP contribution in [0.4, 0.5) is 0 Å². The average molecular weight is 337 g/mol. The third-order valence-corrected chi connectivity index (χ3v) is 5.04. The highest BCUT2D eigenvalue weighted by Gasteiger charge is 2.31. The van der Waals surface area contributed by atoms with Crippen LogP contribution >= 0.6 is 0 Å². The molecule has 0 atom stereocenters. The summed E-state index contributed by atoms with van der Waals surface area (Å²) in [6, 6.07) is 12.6. The Morgan fingerprint density at radius 1 is 1.08 bits per heavy atom. The van der Waals surface area contributed by atoms with E-state index in [4.69, 9.17) is 10.2 Å². The summed E-state index contributed by atoms with van der Waals surface area (Å²) in [6.45, 7) is 5.70. The highest BCUT2D eigenvalue weighted by molar-refractivity contribution is 5.87. The van der Waals surface area contributed by atoms with Crippen molar-refractivity contribution in [2.24, 2.45) is 5.73 Å². The Balaban J connectivity index is 2.41. The smallest absolute Gasteiger partial charge is 0.200 e. The van der Waals surface area contributed by atoms with Crippen molar-refractivity contribution >= 4 is 11.0 Å². The number of benzene rings is 2. The largest absolute Gasteiger partial charge is 0.507 e. The van der Waals surface area contributed by atoms with Crippen LogP contribution < -0.4 is 11.2 Å². The van der Waals surface area contributed by atoms with Gasteiger partial charge in [-0.2, -0.15) is 0 Å². The molecule has 0 bridgehead atoms. The minimum Gasteiger partial charge on any atom is -0.507 e. The van der Waals surface area contributed by atoms with Gasteiger partial charge in [0.25, 0.3) is 0 Å². The maximum atomic E-state index is 13.1. The number of rotatable bonds is 4. The van der Waals surface area contributed by atoms with Crippen LogP contribution in [-0.2, 0) is 5.54 Å². The van der Waals surface area contributed by atoms with Gasteiger partial charge in [-0.15, -0.1) is 0 Å². The number of hydrogen-bond acceptors (Lipinski definition) is 4. The molecule has 130 valence electrons. The molecule has 3 aromatic rings. The molecular formula is C21H23NO3. The Kier molecular flexibility index (Phi) is 4.39. The van der Waals surface area contributed by atoms with Crippen molar-refractivity contribution in [3.8, 4) is 16.9 Å². The van der Waals surface area contributed by atoms with Gasteiger partial charge in [0.1, 0.15) is 17.1 Å². The molecule has 2 aromatic carbocycles. The monoisotopic (exact) mass is 337 g/mol. The van der Waals surface area contributed by atoms with Crippen molar-refractivity contribution in [3.05, 3.63) is 64.0 Å². The number of phenols is 1. The van der Waals surface area contributed by atoms with Crippen LogP contribution in [0.2, 0.25) is 0 Å². The van der Waals surface area contributed by atoms with Crippen LogP contribution in [0, 0.1) is 6.92 Å². The van der Waals surface area contributed by atoms with Crippen LogP contribution in [0.15, 0.2) is 51.7 Å². The van der Waals surface area contributed by atoms with Crippen LogP contribution in [0.1, 0.15) is 38.0 Å². The van der Waals surface area contributed by atoms with E-state index >= 15 is 0 Å². The van der Waals surface area contributed by atoms with Crippen molar-refractivity contribution in [2.75, 3.05) is 0 Å². The van der Waals surface area contributed by atoms with E-state index < -0.39 is 5.54 Å². The fourth-order valence-corrected chi connectivity index (χ4v) is 3.38. The minimum absolute atomic E-state index is 0.0636. The van der Waals surface area contributed by atoms with Gasteiger partial charge in [-0.3, -0.25) is 4.79 Å². The van der Waals surface area contributed by atoms with Gasteiger partial charge in [-0.05, 0) is 37.5 Å². The fourth-order valence-electron chi connectivity index (χ4n) is 3.38. The van der Waals surface area contributed by atoms with Gasteiger partial charge in [0, 0.05) is 5.54 Å². The molecule has 25 heavy (non-hydrogen) atoms. The Morgan fingerprint density at radius 3 is 2.32 bits per heavy atom. The third-order valence-electron chi connectivity index (χ3n) is 5.04. The number of aromatic hydroxyl groups is 1. The predicted molar refractivity (Wildman–Crippen MR) is 101 cm³/mol. The molecular weight excluding hydrogens is 314 g/mol. The molecule has 1 heterocycles. The summed E-state index contributed by atoms with van der Waals surface area (Å²) in [4.78, 5) is 13.1. The molecule has 0 fully saturated rings. The standard InChI is InChI=1S/C21H23NO3/c1-4-21(22,5-2)18-16(23)12-11-15-19(24)17(13(3)25-20(15)18)14-9-7-6-8-10-14/h6-12,23H,4-5,22H2,1-3H3. The van der Waals surface area contributed by atoms with Crippen LogP contribution in [0.25, 0.3) is 22.1 Å². The SMILES string of the molecule is CCC(N)(CC)c1c(O)ccc2c(=O)c(-c3ccccc3)c(C)oc12. The lowest BCUT2D eigenvalue weighted by Gasteiger charge is -2.28. The first kappa shape index (κ1) is 17.2. The Bertz CT molecular complexity index is 970. The molecule has 4 heteroatoms. The quantitative estimate of drug-likeness (QED) is 0.737. The minimum atomic E-state index is -0.750. The van der Waals surface area contributed by atoms with Crippen molar-refractivity contribution in [2.45, 2.75) is 39.2 Å². The molecule has 0 spiro atoms. The van der Waals surface area contributed by atoms with E-state index in [-0.39, 0.29) is 11.2 Å². The summed E-state index contributed by atoms with van der Waals surface area (Å²) in [7, 11) is 0. The van der Waals surface area contributed by atoms with Crippen molar-refractivity contribution in [1.29, 1.82) is 0 Å². The second-order valence-corrected chi connectivity index (χ2v) is 6.43. The predicted octanol–water partition coefficient (Wildman–Crippen LogP) is 4.45. The van der Waals surface area contributed by atoms with E-state index in [1.807, 2.05) is 44.2 Å². The lowest BCUT2D eigenvalue weighted by atomic mass is 9.84. The second kappa shape index (κ2) is 6.37. The van der Waals surface area contributed by atoms with Gasteiger partial charge in [-0.1, -0.05) is 44.2 Å². The van der Waals surface area contributed by atoms with E-state index in [0.717, 1.165) is 5.56 Å². The summed E-state index contributed by atoms with van der Waals surface area (Å²) >= 11 is 0. The molecule has 0 radical (unpaired) electrons. The highest BCUT2D eigenvalue weighted by atomic mass is 16.3. The lowest BCUT2D eigenvalue weighted by molar-refractivity contribution is 0.377.